The molecule has 0 bridgehead atoms. The molecule has 0 heterocycles. The summed E-state index contributed by atoms with van der Waals surface area (Å²) in [6, 6.07) is 4.83. The lowest BCUT2D eigenvalue weighted by atomic mass is 10.2. The fourth-order valence-electron chi connectivity index (χ4n) is 0.942. The maximum absolute atomic E-state index is 10.5. The Balaban J connectivity index is 0.00000196. The molecule has 1 N–H and O–H groups in total. The zero-order valence-electron chi connectivity index (χ0n) is 7.48. The molecular weight excluding hydrogens is 283 g/mol. The van der Waals surface area contributed by atoms with Crippen molar-refractivity contribution in [2.45, 2.75) is 6.42 Å². The fraction of sp³-hybridized carbons (Fsp3) is 0.250. The average molecular weight is 292 g/mol. The summed E-state index contributed by atoms with van der Waals surface area (Å²) in [5.74, 6) is -0.315. The minimum absolute atomic E-state index is 0. The second kappa shape index (κ2) is 5.92. The van der Waals surface area contributed by atoms with E-state index in [1.165, 1.54) is 0 Å². The van der Waals surface area contributed by atoms with Crippen LogP contribution < -0.4 is 0 Å². The predicted octanol–water partition coefficient (Wildman–Crippen LogP) is 2.85. The average Bonchev–Trinajstić information content (AvgIpc) is 2.06. The van der Waals surface area contributed by atoms with Gasteiger partial charge in [-0.25, -0.2) is 0 Å². The summed E-state index contributed by atoms with van der Waals surface area (Å²) in [7, 11) is -3.92. The minimum Gasteiger partial charge on any atom is -0.286 e. The summed E-state index contributed by atoms with van der Waals surface area (Å²) in [6.45, 7) is 0. The normalized spacial score (nSPS) is 10.9. The second-order valence-corrected chi connectivity index (χ2v) is 5.17. The molecule has 1 rings (SSSR count). The molecule has 0 amide bonds. The largest absolute Gasteiger partial charge is 0.286 e. The van der Waals surface area contributed by atoms with Crippen molar-refractivity contribution in [3.05, 3.63) is 33.8 Å². The Morgan fingerprint density at radius 3 is 2.27 bits per heavy atom. The first kappa shape index (κ1) is 15.0. The third-order valence-corrected chi connectivity index (χ3v) is 3.09. The molecule has 86 valence electrons. The Bertz CT molecular complexity index is 431. The van der Waals surface area contributed by atoms with Crippen LogP contribution >= 0.6 is 35.6 Å². The maximum Gasteiger partial charge on any atom is 0.265 e. The van der Waals surface area contributed by atoms with E-state index < -0.39 is 10.1 Å². The lowest BCUT2D eigenvalue weighted by molar-refractivity contribution is 0.482. The molecule has 0 radical (unpaired) electrons. The summed E-state index contributed by atoms with van der Waals surface area (Å²) in [5.41, 5.74) is 0.719. The summed E-state index contributed by atoms with van der Waals surface area (Å²) >= 11 is 11.4. The van der Waals surface area contributed by atoms with E-state index >= 15 is 0 Å². The van der Waals surface area contributed by atoms with Gasteiger partial charge >= 0.3 is 0 Å². The quantitative estimate of drug-likeness (QED) is 0.871. The number of benzene rings is 1. The van der Waals surface area contributed by atoms with E-state index in [-0.39, 0.29) is 24.6 Å². The number of aryl methyl sites for hydroxylation is 1. The van der Waals surface area contributed by atoms with Crippen LogP contribution in [0.1, 0.15) is 5.56 Å². The number of hydrogen-bond donors (Lipinski definition) is 1. The number of hydrogen-bond acceptors (Lipinski definition) is 2. The van der Waals surface area contributed by atoms with Crippen molar-refractivity contribution in [2.75, 3.05) is 5.75 Å². The van der Waals surface area contributed by atoms with Gasteiger partial charge < -0.3 is 0 Å². The molecule has 3 nitrogen and oxygen atoms in total. The third-order valence-electron chi connectivity index (χ3n) is 1.63. The fourth-order valence-corrected chi connectivity index (χ4v) is 1.76. The van der Waals surface area contributed by atoms with E-state index in [9.17, 15) is 8.42 Å². The molecule has 0 aliphatic carbocycles. The van der Waals surface area contributed by atoms with Crippen molar-refractivity contribution >= 4 is 45.7 Å². The van der Waals surface area contributed by atoms with Gasteiger partial charge in [-0.3, -0.25) is 4.55 Å². The molecule has 0 unspecified atom stereocenters. The highest BCUT2D eigenvalue weighted by atomic mass is 35.5. The van der Waals surface area contributed by atoms with Crippen LogP contribution in [0.2, 0.25) is 10.0 Å². The number of rotatable bonds is 3. The molecule has 15 heavy (non-hydrogen) atoms. The highest BCUT2D eigenvalue weighted by Crippen LogP contribution is 2.22. The Hall–Kier alpha value is -0.000000000000000111. The van der Waals surface area contributed by atoms with Crippen LogP contribution in [0.3, 0.4) is 0 Å². The van der Waals surface area contributed by atoms with Gasteiger partial charge in [0.1, 0.15) is 0 Å². The molecule has 0 fully saturated rings. The summed E-state index contributed by atoms with van der Waals surface area (Å²) in [4.78, 5) is 0. The van der Waals surface area contributed by atoms with Gasteiger partial charge in [0.25, 0.3) is 10.1 Å². The first-order valence-corrected chi connectivity index (χ1v) is 6.14. The Kier molecular flexibility index (Phi) is 5.92. The Morgan fingerprint density at radius 2 is 1.80 bits per heavy atom. The number of halogens is 3. The van der Waals surface area contributed by atoms with Crippen molar-refractivity contribution in [2.24, 2.45) is 0 Å². The van der Waals surface area contributed by atoms with Gasteiger partial charge in [0, 0.05) is 0 Å². The Labute approximate surface area is 105 Å². The monoisotopic (exact) mass is 290 g/mol. The van der Waals surface area contributed by atoms with Crippen molar-refractivity contribution in [1.29, 1.82) is 0 Å². The van der Waals surface area contributed by atoms with E-state index in [0.717, 1.165) is 5.56 Å². The van der Waals surface area contributed by atoms with E-state index in [4.69, 9.17) is 27.8 Å². The van der Waals surface area contributed by atoms with Crippen LogP contribution in [0.25, 0.3) is 0 Å². The van der Waals surface area contributed by atoms with Crippen LogP contribution in [0, 0.1) is 0 Å². The lowest BCUT2D eigenvalue weighted by Gasteiger charge is -2.01. The molecule has 0 atom stereocenters. The SMILES string of the molecule is Cl.O=S(=O)(O)CCc1ccc(Cl)c(Cl)c1. The molecule has 0 spiro atoms. The van der Waals surface area contributed by atoms with Gasteiger partial charge in [0.15, 0.2) is 0 Å². The van der Waals surface area contributed by atoms with E-state index in [2.05, 4.69) is 0 Å². The van der Waals surface area contributed by atoms with Crippen LogP contribution in [0.4, 0.5) is 0 Å². The molecule has 1 aromatic carbocycles. The molecular formula is C8H9Cl3O3S. The molecule has 0 aromatic heterocycles. The van der Waals surface area contributed by atoms with Gasteiger partial charge in [-0.1, -0.05) is 29.3 Å². The van der Waals surface area contributed by atoms with Crippen molar-refractivity contribution < 1.29 is 13.0 Å². The first-order chi connectivity index (χ1) is 6.38. The van der Waals surface area contributed by atoms with Gasteiger partial charge in [-0.05, 0) is 24.1 Å². The minimum atomic E-state index is -3.92. The van der Waals surface area contributed by atoms with Crippen LogP contribution in [0.15, 0.2) is 18.2 Å². The smallest absolute Gasteiger partial charge is 0.265 e. The molecule has 0 aliphatic rings. The first-order valence-electron chi connectivity index (χ1n) is 3.77. The van der Waals surface area contributed by atoms with Gasteiger partial charge in [0.2, 0.25) is 0 Å². The molecule has 1 aromatic rings. The van der Waals surface area contributed by atoms with Gasteiger partial charge in [-0.15, -0.1) is 12.4 Å². The summed E-state index contributed by atoms with van der Waals surface area (Å²) < 4.78 is 29.4. The van der Waals surface area contributed by atoms with Crippen LogP contribution in [-0.2, 0) is 16.5 Å². The zero-order chi connectivity index (χ0) is 10.8. The van der Waals surface area contributed by atoms with Crippen LogP contribution in [0.5, 0.6) is 0 Å². The van der Waals surface area contributed by atoms with Crippen molar-refractivity contribution in [3.8, 4) is 0 Å². The second-order valence-electron chi connectivity index (χ2n) is 2.78. The van der Waals surface area contributed by atoms with Gasteiger partial charge in [0.05, 0.1) is 15.8 Å². The van der Waals surface area contributed by atoms with Crippen molar-refractivity contribution in [3.63, 3.8) is 0 Å². The molecule has 0 saturated carbocycles. The maximum atomic E-state index is 10.5. The van der Waals surface area contributed by atoms with E-state index in [1.807, 2.05) is 0 Å². The van der Waals surface area contributed by atoms with Gasteiger partial charge in [-0.2, -0.15) is 8.42 Å². The lowest BCUT2D eigenvalue weighted by Crippen LogP contribution is -2.06. The Morgan fingerprint density at radius 1 is 1.20 bits per heavy atom. The highest BCUT2D eigenvalue weighted by molar-refractivity contribution is 7.85. The highest BCUT2D eigenvalue weighted by Gasteiger charge is 2.06. The van der Waals surface area contributed by atoms with E-state index in [0.29, 0.717) is 10.0 Å². The summed E-state index contributed by atoms with van der Waals surface area (Å²) in [6.07, 6.45) is 0.218. The molecule has 0 aliphatic heterocycles. The van der Waals surface area contributed by atoms with E-state index in [1.54, 1.807) is 18.2 Å². The molecule has 0 saturated heterocycles. The predicted molar refractivity (Wildman–Crippen MR) is 63.8 cm³/mol. The standard InChI is InChI=1S/C8H8Cl2O3S.ClH/c9-7-2-1-6(5-8(7)10)3-4-14(11,12)13;/h1-2,5H,3-4H2,(H,11,12,13);1H. The molecule has 7 heteroatoms. The van der Waals surface area contributed by atoms with Crippen molar-refractivity contribution in [1.82, 2.24) is 0 Å². The summed E-state index contributed by atoms with van der Waals surface area (Å²) in [5, 5.41) is 0.793. The van der Waals surface area contributed by atoms with Crippen LogP contribution in [-0.4, -0.2) is 18.7 Å². The third kappa shape index (κ3) is 5.58. The topological polar surface area (TPSA) is 54.4 Å². The zero-order valence-corrected chi connectivity index (χ0v) is 10.6.